The first-order valence-corrected chi connectivity index (χ1v) is 17.3. The van der Waals surface area contributed by atoms with E-state index in [1.807, 2.05) is 24.3 Å². The molecule has 238 valence electrons. The monoisotopic (exact) mass is 651 g/mol. The van der Waals surface area contributed by atoms with Crippen LogP contribution in [0.15, 0.2) is 185 Å². The van der Waals surface area contributed by atoms with Crippen molar-refractivity contribution in [2.24, 2.45) is 0 Å². The summed E-state index contributed by atoms with van der Waals surface area (Å²) in [5.41, 5.74) is 9.03. The van der Waals surface area contributed by atoms with Gasteiger partial charge in [0.05, 0.1) is 0 Å². The summed E-state index contributed by atoms with van der Waals surface area (Å²) in [5.74, 6) is 0. The van der Waals surface area contributed by atoms with Gasteiger partial charge in [-0.05, 0) is 104 Å². The molecule has 0 aliphatic heterocycles. The number of para-hydroxylation sites is 2. The van der Waals surface area contributed by atoms with E-state index in [-0.39, 0.29) is 0 Å². The molecule has 0 fully saturated rings. The standard InChI is InChI=1S/C48H29NO2/c1-4-12-37-30(9-1)19-24-41-36-11-3-2-10-32(36)27-42(48(37)41)31-17-20-33(21-18-31)49(34-23-26-46-43(28-34)39-14-6-8-16-45(39)50-46)35-22-25-40-38-13-5-7-15-44(38)51-47(40)29-35/h1-29H. The Balaban J connectivity index is 1.12. The fraction of sp³-hybridized carbons (Fsp3) is 0. The number of nitrogens with zero attached hydrogens (tertiary/aromatic N) is 1. The highest BCUT2D eigenvalue weighted by Gasteiger charge is 2.19. The Morgan fingerprint density at radius 3 is 1.67 bits per heavy atom. The Hall–Kier alpha value is -6.84. The van der Waals surface area contributed by atoms with Crippen molar-refractivity contribution in [2.75, 3.05) is 4.90 Å². The minimum absolute atomic E-state index is 0.861. The van der Waals surface area contributed by atoms with Crippen molar-refractivity contribution >= 4 is 93.3 Å². The molecule has 3 heteroatoms. The summed E-state index contributed by atoms with van der Waals surface area (Å²) >= 11 is 0. The van der Waals surface area contributed by atoms with Crippen LogP contribution in [0.25, 0.3) is 87.3 Å². The summed E-state index contributed by atoms with van der Waals surface area (Å²) in [6.07, 6.45) is 0. The molecule has 0 atom stereocenters. The van der Waals surface area contributed by atoms with Gasteiger partial charge in [0, 0.05) is 44.7 Å². The third-order valence-electron chi connectivity index (χ3n) is 10.4. The van der Waals surface area contributed by atoms with E-state index in [1.54, 1.807) is 0 Å². The van der Waals surface area contributed by atoms with Gasteiger partial charge >= 0.3 is 0 Å². The topological polar surface area (TPSA) is 29.5 Å². The van der Waals surface area contributed by atoms with Crippen LogP contribution in [0, 0.1) is 0 Å². The predicted octanol–water partition coefficient (Wildman–Crippen LogP) is 14.1. The van der Waals surface area contributed by atoms with Gasteiger partial charge in [0.2, 0.25) is 0 Å². The minimum Gasteiger partial charge on any atom is -0.456 e. The van der Waals surface area contributed by atoms with Gasteiger partial charge in [-0.3, -0.25) is 0 Å². The second-order valence-corrected chi connectivity index (χ2v) is 13.3. The molecule has 51 heavy (non-hydrogen) atoms. The van der Waals surface area contributed by atoms with E-state index < -0.39 is 0 Å². The maximum absolute atomic E-state index is 6.38. The lowest BCUT2D eigenvalue weighted by Crippen LogP contribution is -2.09. The van der Waals surface area contributed by atoms with Gasteiger partial charge in [0.25, 0.3) is 0 Å². The number of benzene rings is 9. The van der Waals surface area contributed by atoms with Crippen LogP contribution in [0.1, 0.15) is 0 Å². The van der Waals surface area contributed by atoms with Gasteiger partial charge in [0.15, 0.2) is 0 Å². The molecule has 11 aromatic rings. The Morgan fingerprint density at radius 1 is 0.314 bits per heavy atom. The second kappa shape index (κ2) is 10.8. The smallest absolute Gasteiger partial charge is 0.137 e. The molecule has 0 amide bonds. The van der Waals surface area contributed by atoms with Crippen molar-refractivity contribution in [1.82, 2.24) is 0 Å². The van der Waals surface area contributed by atoms with Crippen molar-refractivity contribution in [1.29, 1.82) is 0 Å². The van der Waals surface area contributed by atoms with Crippen LogP contribution in [0.2, 0.25) is 0 Å². The second-order valence-electron chi connectivity index (χ2n) is 13.3. The highest BCUT2D eigenvalue weighted by Crippen LogP contribution is 2.43. The Morgan fingerprint density at radius 2 is 0.863 bits per heavy atom. The molecule has 9 aromatic carbocycles. The number of hydrogen-bond donors (Lipinski definition) is 0. The van der Waals surface area contributed by atoms with E-state index in [0.29, 0.717) is 0 Å². The Kier molecular flexibility index (Phi) is 5.96. The molecule has 0 unspecified atom stereocenters. The average Bonchev–Trinajstić information content (AvgIpc) is 3.75. The minimum atomic E-state index is 0.861. The number of hydrogen-bond acceptors (Lipinski definition) is 3. The van der Waals surface area contributed by atoms with Crippen molar-refractivity contribution < 1.29 is 8.83 Å². The molecule has 3 nitrogen and oxygen atoms in total. The van der Waals surface area contributed by atoms with Crippen molar-refractivity contribution in [2.45, 2.75) is 0 Å². The molecule has 11 rings (SSSR count). The predicted molar refractivity (Wildman–Crippen MR) is 214 cm³/mol. The van der Waals surface area contributed by atoms with Crippen LogP contribution in [0.3, 0.4) is 0 Å². The third kappa shape index (κ3) is 4.32. The van der Waals surface area contributed by atoms with Crippen LogP contribution >= 0.6 is 0 Å². The normalized spacial score (nSPS) is 11.9. The molecule has 0 saturated heterocycles. The quantitative estimate of drug-likeness (QED) is 0.177. The largest absolute Gasteiger partial charge is 0.456 e. The Bertz CT molecular complexity index is 3150. The van der Waals surface area contributed by atoms with Gasteiger partial charge in [-0.1, -0.05) is 109 Å². The summed E-state index contributed by atoms with van der Waals surface area (Å²) < 4.78 is 12.6. The van der Waals surface area contributed by atoms with Crippen LogP contribution in [-0.2, 0) is 0 Å². The van der Waals surface area contributed by atoms with E-state index in [4.69, 9.17) is 8.83 Å². The zero-order valence-corrected chi connectivity index (χ0v) is 27.5. The molecule has 0 bridgehead atoms. The zero-order valence-electron chi connectivity index (χ0n) is 27.5. The number of furan rings is 2. The molecule has 2 aromatic heterocycles. The molecule has 2 heterocycles. The zero-order chi connectivity index (χ0) is 33.5. The van der Waals surface area contributed by atoms with Crippen molar-refractivity contribution in [3.8, 4) is 11.1 Å². The van der Waals surface area contributed by atoms with Crippen LogP contribution in [0.4, 0.5) is 17.1 Å². The fourth-order valence-electron chi connectivity index (χ4n) is 8.05. The number of rotatable bonds is 4. The van der Waals surface area contributed by atoms with Crippen LogP contribution < -0.4 is 4.90 Å². The molecular weight excluding hydrogens is 623 g/mol. The Labute approximate surface area is 293 Å². The maximum Gasteiger partial charge on any atom is 0.137 e. The SMILES string of the molecule is c1ccc2c(c1)cc(-c1ccc(N(c3ccc4c(c3)oc3ccccc34)c3ccc4oc5ccccc5c4c3)cc1)c1c3ccccc3ccc21. The van der Waals surface area contributed by atoms with Gasteiger partial charge in [-0.15, -0.1) is 0 Å². The van der Waals surface area contributed by atoms with E-state index in [2.05, 4.69) is 157 Å². The lowest BCUT2D eigenvalue weighted by molar-refractivity contribution is 0.668. The fourth-order valence-corrected chi connectivity index (χ4v) is 8.05. The van der Waals surface area contributed by atoms with Gasteiger partial charge < -0.3 is 13.7 Å². The van der Waals surface area contributed by atoms with E-state index in [0.717, 1.165) is 60.9 Å². The highest BCUT2D eigenvalue weighted by molar-refractivity contribution is 6.23. The highest BCUT2D eigenvalue weighted by atomic mass is 16.3. The van der Waals surface area contributed by atoms with E-state index in [9.17, 15) is 0 Å². The van der Waals surface area contributed by atoms with Crippen LogP contribution in [0.5, 0.6) is 0 Å². The summed E-state index contributed by atoms with van der Waals surface area (Å²) in [6, 6.07) is 62.7. The van der Waals surface area contributed by atoms with Crippen molar-refractivity contribution in [3.63, 3.8) is 0 Å². The lowest BCUT2D eigenvalue weighted by Gasteiger charge is -2.26. The number of anilines is 3. The molecule has 0 radical (unpaired) electrons. The third-order valence-corrected chi connectivity index (χ3v) is 10.4. The number of fused-ring (bicyclic) bond motifs is 11. The molecule has 0 aliphatic rings. The summed E-state index contributed by atoms with van der Waals surface area (Å²) in [6.45, 7) is 0. The first-order valence-electron chi connectivity index (χ1n) is 17.3. The molecule has 0 saturated carbocycles. The lowest BCUT2D eigenvalue weighted by atomic mass is 9.90. The van der Waals surface area contributed by atoms with Crippen molar-refractivity contribution in [3.05, 3.63) is 176 Å². The van der Waals surface area contributed by atoms with E-state index in [1.165, 1.54) is 43.4 Å². The van der Waals surface area contributed by atoms with E-state index >= 15 is 0 Å². The van der Waals surface area contributed by atoms with Gasteiger partial charge in [-0.2, -0.15) is 0 Å². The summed E-state index contributed by atoms with van der Waals surface area (Å²) in [7, 11) is 0. The molecule has 0 N–H and O–H groups in total. The first-order chi connectivity index (χ1) is 25.3. The molecular formula is C48H29NO2. The average molecular weight is 652 g/mol. The molecule has 0 aliphatic carbocycles. The maximum atomic E-state index is 6.38. The summed E-state index contributed by atoms with van der Waals surface area (Å²) in [5, 5.41) is 12.0. The van der Waals surface area contributed by atoms with Gasteiger partial charge in [-0.25, -0.2) is 0 Å². The van der Waals surface area contributed by atoms with Crippen LogP contribution in [-0.4, -0.2) is 0 Å². The van der Waals surface area contributed by atoms with Gasteiger partial charge in [0.1, 0.15) is 22.3 Å². The first kappa shape index (κ1) is 28.0. The molecule has 0 spiro atoms. The summed E-state index contributed by atoms with van der Waals surface area (Å²) in [4.78, 5) is 2.31.